The Morgan fingerprint density at radius 3 is 2.58 bits per heavy atom. The molecule has 0 spiro atoms. The molecule has 0 aliphatic rings. The minimum Gasteiger partial charge on any atom is -0.307 e. The van der Waals surface area contributed by atoms with Crippen LogP contribution in [0.3, 0.4) is 0 Å². The van der Waals surface area contributed by atoms with Crippen molar-refractivity contribution in [1.29, 1.82) is 0 Å². The number of hydrogen-bond donors (Lipinski definition) is 1. The number of nitrogens with one attached hydrogen (secondary N) is 1. The van der Waals surface area contributed by atoms with Gasteiger partial charge in [0, 0.05) is 30.3 Å². The summed E-state index contributed by atoms with van der Waals surface area (Å²) in [6, 6.07) is 22.0. The molecule has 0 saturated carbocycles. The first-order chi connectivity index (χ1) is 16.0. The molecule has 0 atom stereocenters. The monoisotopic (exact) mass is 436 g/mol. The summed E-state index contributed by atoms with van der Waals surface area (Å²) in [5, 5.41) is 13.1. The summed E-state index contributed by atoms with van der Waals surface area (Å²) in [5.41, 5.74) is 6.13. The predicted molar refractivity (Wildman–Crippen MR) is 129 cm³/mol. The number of carbonyl (C=O) groups excluding carboxylic acids is 1. The number of anilines is 1. The molecule has 7 heteroatoms. The van der Waals surface area contributed by atoms with E-state index in [4.69, 9.17) is 5.10 Å². The van der Waals surface area contributed by atoms with Crippen molar-refractivity contribution in [3.8, 4) is 11.3 Å². The molecule has 1 N–H and O–H groups in total. The van der Waals surface area contributed by atoms with E-state index in [1.807, 2.05) is 73.3 Å². The van der Waals surface area contributed by atoms with E-state index < -0.39 is 0 Å². The summed E-state index contributed by atoms with van der Waals surface area (Å²) >= 11 is 0. The van der Waals surface area contributed by atoms with E-state index in [9.17, 15) is 4.79 Å². The average molecular weight is 437 g/mol. The molecule has 7 nitrogen and oxygen atoms in total. The maximum Gasteiger partial charge on any atom is 0.258 e. The van der Waals surface area contributed by atoms with Crippen LogP contribution in [0, 0.1) is 13.8 Å². The van der Waals surface area contributed by atoms with Gasteiger partial charge in [0.25, 0.3) is 5.91 Å². The van der Waals surface area contributed by atoms with Crippen LogP contribution in [-0.2, 0) is 13.6 Å². The third-order valence-corrected chi connectivity index (χ3v) is 5.64. The molecule has 5 aromatic rings. The molecule has 0 unspecified atom stereocenters. The van der Waals surface area contributed by atoms with Crippen LogP contribution in [0.15, 0.2) is 72.9 Å². The van der Waals surface area contributed by atoms with Gasteiger partial charge in [0.2, 0.25) is 0 Å². The van der Waals surface area contributed by atoms with E-state index in [2.05, 4.69) is 34.5 Å². The fourth-order valence-corrected chi connectivity index (χ4v) is 3.96. The zero-order valence-electron chi connectivity index (χ0n) is 18.8. The van der Waals surface area contributed by atoms with Crippen molar-refractivity contribution in [2.75, 3.05) is 5.32 Å². The number of pyridine rings is 1. The predicted octanol–water partition coefficient (Wildman–Crippen LogP) is 4.75. The summed E-state index contributed by atoms with van der Waals surface area (Å²) in [6.45, 7) is 4.51. The van der Waals surface area contributed by atoms with Gasteiger partial charge in [-0.25, -0.2) is 9.67 Å². The number of aromatic nitrogens is 5. The SMILES string of the molecule is Cc1cccc(-c2cc(NC(=O)c3cnc4c(c3)c(C)nn4C)n(Cc3ccccc3)n2)c1. The van der Waals surface area contributed by atoms with Crippen LogP contribution in [0.5, 0.6) is 0 Å². The standard InChI is InChI=1S/C26H24N6O/c1-17-8-7-11-20(12-17)23-14-24(32(30-23)16-19-9-5-4-6-10-19)28-26(33)21-13-22-18(2)29-31(3)25(22)27-15-21/h4-15H,16H2,1-3H3,(H,28,33). The van der Waals surface area contributed by atoms with Crippen molar-refractivity contribution in [3.05, 3.63) is 95.3 Å². The molecule has 5 rings (SSSR count). The van der Waals surface area contributed by atoms with Gasteiger partial charge in [-0.1, -0.05) is 54.1 Å². The Morgan fingerprint density at radius 2 is 1.79 bits per heavy atom. The van der Waals surface area contributed by atoms with E-state index in [1.165, 1.54) is 0 Å². The average Bonchev–Trinajstić information content (AvgIpc) is 3.34. The Labute approximate surface area is 191 Å². The molecule has 164 valence electrons. The van der Waals surface area contributed by atoms with Gasteiger partial charge in [0.05, 0.1) is 23.5 Å². The number of rotatable bonds is 5. The second-order valence-electron chi connectivity index (χ2n) is 8.19. The first-order valence-electron chi connectivity index (χ1n) is 10.8. The molecular weight excluding hydrogens is 412 g/mol. The van der Waals surface area contributed by atoms with Gasteiger partial charge in [-0.2, -0.15) is 10.2 Å². The molecule has 33 heavy (non-hydrogen) atoms. The molecule has 3 aromatic heterocycles. The Morgan fingerprint density at radius 1 is 0.970 bits per heavy atom. The number of hydrogen-bond acceptors (Lipinski definition) is 4. The second-order valence-corrected chi connectivity index (χ2v) is 8.19. The van der Waals surface area contributed by atoms with Crippen LogP contribution in [0.2, 0.25) is 0 Å². The molecule has 0 fully saturated rings. The molecule has 2 aromatic carbocycles. The molecule has 0 aliphatic heterocycles. The van der Waals surface area contributed by atoms with Crippen LogP contribution in [0.25, 0.3) is 22.3 Å². The zero-order valence-corrected chi connectivity index (χ0v) is 18.8. The first kappa shape index (κ1) is 20.6. The van der Waals surface area contributed by atoms with Gasteiger partial charge in [-0.3, -0.25) is 9.48 Å². The lowest BCUT2D eigenvalue weighted by atomic mass is 10.1. The zero-order chi connectivity index (χ0) is 22.9. The molecule has 0 bridgehead atoms. The molecule has 0 saturated heterocycles. The Kier molecular flexibility index (Phi) is 5.22. The highest BCUT2D eigenvalue weighted by Gasteiger charge is 2.16. The number of amides is 1. The third-order valence-electron chi connectivity index (χ3n) is 5.64. The quantitative estimate of drug-likeness (QED) is 0.431. The van der Waals surface area contributed by atoms with E-state index in [0.717, 1.165) is 39.1 Å². The van der Waals surface area contributed by atoms with E-state index in [-0.39, 0.29) is 5.91 Å². The first-order valence-corrected chi connectivity index (χ1v) is 10.8. The number of fused-ring (bicyclic) bond motifs is 1. The Balaban J connectivity index is 1.50. The lowest BCUT2D eigenvalue weighted by Gasteiger charge is -2.09. The molecule has 3 heterocycles. The topological polar surface area (TPSA) is 77.6 Å². The van der Waals surface area contributed by atoms with Gasteiger partial charge in [0.1, 0.15) is 5.82 Å². The van der Waals surface area contributed by atoms with Gasteiger partial charge in [-0.15, -0.1) is 0 Å². The summed E-state index contributed by atoms with van der Waals surface area (Å²) < 4.78 is 3.54. The van der Waals surface area contributed by atoms with Crippen molar-refractivity contribution in [3.63, 3.8) is 0 Å². The minimum atomic E-state index is -0.238. The van der Waals surface area contributed by atoms with Crippen molar-refractivity contribution in [2.24, 2.45) is 7.05 Å². The normalized spacial score (nSPS) is 11.1. The summed E-state index contributed by atoms with van der Waals surface area (Å²) in [4.78, 5) is 17.6. The smallest absolute Gasteiger partial charge is 0.258 e. The number of benzene rings is 2. The fraction of sp³-hybridized carbons (Fsp3) is 0.154. The van der Waals surface area contributed by atoms with Gasteiger partial charge in [-0.05, 0) is 31.5 Å². The maximum absolute atomic E-state index is 13.2. The van der Waals surface area contributed by atoms with Gasteiger partial charge >= 0.3 is 0 Å². The minimum absolute atomic E-state index is 0.238. The van der Waals surface area contributed by atoms with Crippen LogP contribution in [-0.4, -0.2) is 30.5 Å². The number of nitrogens with zero attached hydrogens (tertiary/aromatic N) is 5. The second kappa shape index (κ2) is 8.35. The van der Waals surface area contributed by atoms with Crippen LogP contribution >= 0.6 is 0 Å². The fourth-order valence-electron chi connectivity index (χ4n) is 3.96. The van der Waals surface area contributed by atoms with Crippen LogP contribution in [0.1, 0.15) is 27.2 Å². The Hall–Kier alpha value is -4.26. The van der Waals surface area contributed by atoms with Crippen molar-refractivity contribution >= 4 is 22.8 Å². The Bertz CT molecular complexity index is 1470. The highest BCUT2D eigenvalue weighted by Crippen LogP contribution is 2.25. The summed E-state index contributed by atoms with van der Waals surface area (Å²) in [5.74, 6) is 0.390. The molecule has 1 amide bonds. The van der Waals surface area contributed by atoms with E-state index in [0.29, 0.717) is 17.9 Å². The number of carbonyl (C=O) groups is 1. The van der Waals surface area contributed by atoms with Gasteiger partial charge < -0.3 is 5.32 Å². The summed E-state index contributed by atoms with van der Waals surface area (Å²) in [6.07, 6.45) is 1.58. The lowest BCUT2D eigenvalue weighted by molar-refractivity contribution is 0.102. The van der Waals surface area contributed by atoms with Crippen molar-refractivity contribution < 1.29 is 4.79 Å². The largest absolute Gasteiger partial charge is 0.307 e. The summed E-state index contributed by atoms with van der Waals surface area (Å²) in [7, 11) is 1.84. The highest BCUT2D eigenvalue weighted by molar-refractivity contribution is 6.05. The molecule has 0 aliphatic carbocycles. The number of aryl methyl sites for hydroxylation is 3. The van der Waals surface area contributed by atoms with E-state index >= 15 is 0 Å². The third kappa shape index (κ3) is 4.13. The maximum atomic E-state index is 13.2. The van der Waals surface area contributed by atoms with Crippen molar-refractivity contribution in [2.45, 2.75) is 20.4 Å². The van der Waals surface area contributed by atoms with Crippen LogP contribution in [0.4, 0.5) is 5.82 Å². The lowest BCUT2D eigenvalue weighted by Crippen LogP contribution is -2.16. The highest BCUT2D eigenvalue weighted by atomic mass is 16.1. The molecular formula is C26H24N6O. The van der Waals surface area contributed by atoms with E-state index in [1.54, 1.807) is 10.9 Å². The van der Waals surface area contributed by atoms with Crippen molar-refractivity contribution in [1.82, 2.24) is 24.5 Å². The van der Waals surface area contributed by atoms with Crippen LogP contribution < -0.4 is 5.32 Å². The van der Waals surface area contributed by atoms with Gasteiger partial charge in [0.15, 0.2) is 5.65 Å². The molecule has 0 radical (unpaired) electrons.